The van der Waals surface area contributed by atoms with E-state index in [1.54, 1.807) is 11.3 Å². The second-order valence-electron chi connectivity index (χ2n) is 3.86. The maximum Gasteiger partial charge on any atom is 0.183 e. The van der Waals surface area contributed by atoms with Crippen molar-refractivity contribution in [1.82, 2.24) is 4.98 Å². The van der Waals surface area contributed by atoms with Crippen molar-refractivity contribution in [2.75, 3.05) is 5.32 Å². The molecule has 0 unspecified atom stereocenters. The third-order valence-electron chi connectivity index (χ3n) is 2.76. The summed E-state index contributed by atoms with van der Waals surface area (Å²) in [4.78, 5) is 5.67. The number of aromatic nitrogens is 1. The summed E-state index contributed by atoms with van der Waals surface area (Å²) in [5.74, 6) is 0. The molecule has 1 aliphatic carbocycles. The molecule has 4 heteroatoms. The number of thiazole rings is 1. The van der Waals surface area contributed by atoms with Gasteiger partial charge in [-0.05, 0) is 19.8 Å². The summed E-state index contributed by atoms with van der Waals surface area (Å²) in [6.45, 7) is 2.63. The van der Waals surface area contributed by atoms with Gasteiger partial charge in [0.15, 0.2) is 5.13 Å². The summed E-state index contributed by atoms with van der Waals surface area (Å²) in [7, 11) is 0. The Bertz CT molecular complexity index is 302. The Labute approximate surface area is 88.7 Å². The molecule has 1 aliphatic rings. The zero-order chi connectivity index (χ0) is 9.97. The molecule has 0 bridgehead atoms. The van der Waals surface area contributed by atoms with E-state index in [0.717, 1.165) is 10.8 Å². The molecule has 0 radical (unpaired) electrons. The van der Waals surface area contributed by atoms with Crippen molar-refractivity contribution in [2.45, 2.75) is 45.2 Å². The van der Waals surface area contributed by atoms with Gasteiger partial charge in [0.25, 0.3) is 0 Å². The topological polar surface area (TPSA) is 50.9 Å². The van der Waals surface area contributed by atoms with Crippen LogP contribution in [0.15, 0.2) is 0 Å². The van der Waals surface area contributed by atoms with E-state index in [-0.39, 0.29) is 0 Å². The van der Waals surface area contributed by atoms with E-state index in [0.29, 0.717) is 12.6 Å². The van der Waals surface area contributed by atoms with Crippen LogP contribution in [0.3, 0.4) is 0 Å². The minimum absolute atomic E-state index is 0.607. The Balaban J connectivity index is 2.01. The van der Waals surface area contributed by atoms with Gasteiger partial charge in [-0.1, -0.05) is 12.8 Å². The van der Waals surface area contributed by atoms with Gasteiger partial charge in [0.05, 0.1) is 5.69 Å². The van der Waals surface area contributed by atoms with Crippen LogP contribution in [0.1, 0.15) is 36.3 Å². The van der Waals surface area contributed by atoms with Crippen molar-refractivity contribution in [1.29, 1.82) is 0 Å². The van der Waals surface area contributed by atoms with Crippen molar-refractivity contribution >= 4 is 16.5 Å². The van der Waals surface area contributed by atoms with Crippen LogP contribution in [0.25, 0.3) is 0 Å². The van der Waals surface area contributed by atoms with E-state index in [2.05, 4.69) is 10.3 Å². The first-order chi connectivity index (χ1) is 6.79. The maximum atomic E-state index is 5.61. The van der Waals surface area contributed by atoms with Crippen LogP contribution in [-0.4, -0.2) is 11.0 Å². The van der Waals surface area contributed by atoms with E-state index in [1.165, 1.54) is 30.6 Å². The highest BCUT2D eigenvalue weighted by Crippen LogP contribution is 2.26. The number of anilines is 1. The lowest BCUT2D eigenvalue weighted by atomic mass is 10.3. The molecule has 0 aromatic carbocycles. The highest BCUT2D eigenvalue weighted by atomic mass is 32.1. The number of nitrogens with one attached hydrogen (secondary N) is 1. The zero-order valence-corrected chi connectivity index (χ0v) is 9.36. The van der Waals surface area contributed by atoms with Gasteiger partial charge in [0.2, 0.25) is 0 Å². The highest BCUT2D eigenvalue weighted by molar-refractivity contribution is 7.15. The smallest absolute Gasteiger partial charge is 0.183 e. The first-order valence-corrected chi connectivity index (χ1v) is 6.04. The van der Waals surface area contributed by atoms with Crippen LogP contribution in [0, 0.1) is 6.92 Å². The van der Waals surface area contributed by atoms with E-state index >= 15 is 0 Å². The number of nitrogens with zero attached hydrogens (tertiary/aromatic N) is 1. The van der Waals surface area contributed by atoms with Gasteiger partial charge in [0.1, 0.15) is 0 Å². The second kappa shape index (κ2) is 4.28. The molecule has 78 valence electrons. The molecule has 2 rings (SSSR count). The van der Waals surface area contributed by atoms with Crippen LogP contribution in [0.4, 0.5) is 5.13 Å². The third kappa shape index (κ3) is 2.07. The van der Waals surface area contributed by atoms with Crippen molar-refractivity contribution in [3.8, 4) is 0 Å². The Morgan fingerprint density at radius 3 is 2.79 bits per heavy atom. The lowest BCUT2D eigenvalue weighted by Crippen LogP contribution is -2.13. The summed E-state index contributed by atoms with van der Waals surface area (Å²) >= 11 is 1.70. The van der Waals surface area contributed by atoms with E-state index in [9.17, 15) is 0 Å². The van der Waals surface area contributed by atoms with Gasteiger partial charge >= 0.3 is 0 Å². The van der Waals surface area contributed by atoms with Gasteiger partial charge in [-0.2, -0.15) is 0 Å². The first-order valence-electron chi connectivity index (χ1n) is 5.22. The molecule has 14 heavy (non-hydrogen) atoms. The van der Waals surface area contributed by atoms with E-state index in [1.807, 2.05) is 6.92 Å². The summed E-state index contributed by atoms with van der Waals surface area (Å²) in [5, 5.41) is 4.54. The highest BCUT2D eigenvalue weighted by Gasteiger charge is 2.16. The molecule has 0 saturated heterocycles. The third-order valence-corrected chi connectivity index (χ3v) is 3.87. The second-order valence-corrected chi connectivity index (χ2v) is 4.94. The Morgan fingerprint density at radius 1 is 1.50 bits per heavy atom. The maximum absolute atomic E-state index is 5.61. The van der Waals surface area contributed by atoms with Crippen LogP contribution in [0.5, 0.6) is 0 Å². The van der Waals surface area contributed by atoms with Gasteiger partial charge in [0, 0.05) is 17.5 Å². The minimum Gasteiger partial charge on any atom is -0.359 e. The molecule has 3 N–H and O–H groups in total. The molecule has 1 aromatic rings. The van der Waals surface area contributed by atoms with Crippen LogP contribution in [-0.2, 0) is 6.54 Å². The molecule has 0 amide bonds. The number of rotatable bonds is 3. The molecular formula is C10H17N3S. The quantitative estimate of drug-likeness (QED) is 0.806. The molecule has 1 fully saturated rings. The van der Waals surface area contributed by atoms with Crippen molar-refractivity contribution < 1.29 is 0 Å². The molecule has 3 nitrogen and oxygen atoms in total. The average molecular weight is 211 g/mol. The van der Waals surface area contributed by atoms with E-state index in [4.69, 9.17) is 5.73 Å². The number of aryl methyl sites for hydroxylation is 1. The summed E-state index contributed by atoms with van der Waals surface area (Å²) in [5.41, 5.74) is 6.70. The SMILES string of the molecule is Cc1nc(NC2CCCC2)sc1CN. The lowest BCUT2D eigenvalue weighted by Gasteiger charge is -2.09. The molecule has 1 heterocycles. The Morgan fingerprint density at radius 2 is 2.21 bits per heavy atom. The van der Waals surface area contributed by atoms with E-state index < -0.39 is 0 Å². The first kappa shape index (κ1) is 9.93. The minimum atomic E-state index is 0.607. The molecule has 0 spiro atoms. The fraction of sp³-hybridized carbons (Fsp3) is 0.700. The number of nitrogens with two attached hydrogens (primary N) is 1. The summed E-state index contributed by atoms with van der Waals surface area (Å²) in [6, 6.07) is 0.645. The Hall–Kier alpha value is -0.610. The molecular weight excluding hydrogens is 194 g/mol. The normalized spacial score (nSPS) is 17.6. The summed E-state index contributed by atoms with van der Waals surface area (Å²) < 4.78 is 0. The predicted molar refractivity (Wildman–Crippen MR) is 60.6 cm³/mol. The number of hydrogen-bond donors (Lipinski definition) is 2. The van der Waals surface area contributed by atoms with Crippen molar-refractivity contribution in [2.24, 2.45) is 5.73 Å². The van der Waals surface area contributed by atoms with Crippen LogP contribution < -0.4 is 11.1 Å². The van der Waals surface area contributed by atoms with Gasteiger partial charge in [-0.3, -0.25) is 0 Å². The monoisotopic (exact) mass is 211 g/mol. The average Bonchev–Trinajstić information content (AvgIpc) is 2.76. The Kier molecular flexibility index (Phi) is 3.03. The summed E-state index contributed by atoms with van der Waals surface area (Å²) in [6.07, 6.45) is 5.28. The standard InChI is InChI=1S/C10H17N3S/c1-7-9(6-11)14-10(12-7)13-8-4-2-3-5-8/h8H,2-6,11H2,1H3,(H,12,13). The molecule has 1 aromatic heterocycles. The van der Waals surface area contributed by atoms with Crippen LogP contribution in [0.2, 0.25) is 0 Å². The fourth-order valence-electron chi connectivity index (χ4n) is 1.92. The number of hydrogen-bond acceptors (Lipinski definition) is 4. The van der Waals surface area contributed by atoms with Gasteiger partial charge in [-0.25, -0.2) is 4.98 Å². The van der Waals surface area contributed by atoms with Gasteiger partial charge in [-0.15, -0.1) is 11.3 Å². The van der Waals surface area contributed by atoms with Crippen molar-refractivity contribution in [3.63, 3.8) is 0 Å². The van der Waals surface area contributed by atoms with Crippen LogP contribution >= 0.6 is 11.3 Å². The predicted octanol–water partition coefficient (Wildman–Crippen LogP) is 2.26. The fourth-order valence-corrected chi connectivity index (χ4v) is 2.84. The van der Waals surface area contributed by atoms with Gasteiger partial charge < -0.3 is 11.1 Å². The molecule has 1 saturated carbocycles. The largest absolute Gasteiger partial charge is 0.359 e. The van der Waals surface area contributed by atoms with Crippen molar-refractivity contribution in [3.05, 3.63) is 10.6 Å². The zero-order valence-electron chi connectivity index (χ0n) is 8.55. The molecule has 0 atom stereocenters. The lowest BCUT2D eigenvalue weighted by molar-refractivity contribution is 0.754. The molecule has 0 aliphatic heterocycles.